The third kappa shape index (κ3) is 3.22. The van der Waals surface area contributed by atoms with Crippen molar-refractivity contribution in [2.45, 2.75) is 31.7 Å². The van der Waals surface area contributed by atoms with E-state index in [1.54, 1.807) is 0 Å². The molecule has 4 rings (SSSR count). The molecule has 6 heteroatoms. The smallest absolute Gasteiger partial charge is 0.222 e. The molecule has 1 aliphatic carbocycles. The molecule has 2 atom stereocenters. The lowest BCUT2D eigenvalue weighted by atomic mass is 9.85. The fourth-order valence-electron chi connectivity index (χ4n) is 3.78. The molecule has 1 saturated carbocycles. The molecule has 1 fully saturated rings. The predicted molar refractivity (Wildman–Crippen MR) is 102 cm³/mol. The third-order valence-electron chi connectivity index (χ3n) is 5.19. The average molecular weight is 337 g/mol. The standard InChI is InChI=1S/C19H23N5O/c20-19-23-17-9-12(13-7-8-21-10-13)5-6-15(17)18(24-19)22-16-4-2-1-3-14(16)11-25/h5-9,14,16,25H,1-4,10-11H2,(H3,20,22,23,24)/t14-,16+/m0/s1. The Bertz CT molecular complexity index is 845. The number of fused-ring (bicyclic) bond motifs is 1. The van der Waals surface area contributed by atoms with Gasteiger partial charge in [-0.25, -0.2) is 4.98 Å². The predicted octanol–water partition coefficient (Wildman–Crippen LogP) is 2.64. The van der Waals surface area contributed by atoms with Crippen LogP contribution in [0, 0.1) is 5.92 Å². The summed E-state index contributed by atoms with van der Waals surface area (Å²) in [6, 6.07) is 6.39. The van der Waals surface area contributed by atoms with Gasteiger partial charge in [-0.15, -0.1) is 0 Å². The number of aliphatic imine (C=N–C) groups is 1. The third-order valence-corrected chi connectivity index (χ3v) is 5.19. The summed E-state index contributed by atoms with van der Waals surface area (Å²) in [6.45, 7) is 0.909. The van der Waals surface area contributed by atoms with E-state index in [0.717, 1.165) is 35.1 Å². The van der Waals surface area contributed by atoms with E-state index >= 15 is 0 Å². The maximum Gasteiger partial charge on any atom is 0.222 e. The summed E-state index contributed by atoms with van der Waals surface area (Å²) in [5.41, 5.74) is 9.07. The fraction of sp³-hybridized carbons (Fsp3) is 0.421. The summed E-state index contributed by atoms with van der Waals surface area (Å²) >= 11 is 0. The van der Waals surface area contributed by atoms with E-state index in [4.69, 9.17) is 5.73 Å². The summed E-state index contributed by atoms with van der Waals surface area (Å²) in [7, 11) is 0. The van der Waals surface area contributed by atoms with E-state index in [9.17, 15) is 5.11 Å². The first-order valence-electron chi connectivity index (χ1n) is 8.88. The SMILES string of the molecule is Nc1nc(N[C@@H]2CCCC[C@H]2CO)c2ccc(C3=CC=NC3)cc2n1. The Morgan fingerprint density at radius 2 is 2.08 bits per heavy atom. The number of allylic oxidation sites excluding steroid dienone is 1. The van der Waals surface area contributed by atoms with Crippen LogP contribution < -0.4 is 11.1 Å². The second-order valence-corrected chi connectivity index (χ2v) is 6.82. The molecule has 2 aliphatic rings. The number of nitrogen functional groups attached to an aromatic ring is 1. The highest BCUT2D eigenvalue weighted by Crippen LogP contribution is 2.30. The molecule has 1 aromatic heterocycles. The van der Waals surface area contributed by atoms with Crippen LogP contribution in [0.15, 0.2) is 29.3 Å². The van der Waals surface area contributed by atoms with Gasteiger partial charge in [-0.2, -0.15) is 4.98 Å². The number of anilines is 2. The van der Waals surface area contributed by atoms with Crippen LogP contribution in [0.25, 0.3) is 16.5 Å². The number of nitrogens with two attached hydrogens (primary N) is 1. The molecule has 2 heterocycles. The van der Waals surface area contributed by atoms with Gasteiger partial charge in [0.15, 0.2) is 0 Å². The van der Waals surface area contributed by atoms with Gasteiger partial charge in [-0.05, 0) is 42.2 Å². The van der Waals surface area contributed by atoms with E-state index in [1.807, 2.05) is 24.4 Å². The minimum atomic E-state index is 0.203. The van der Waals surface area contributed by atoms with Crippen LogP contribution in [0.4, 0.5) is 11.8 Å². The minimum Gasteiger partial charge on any atom is -0.396 e. The van der Waals surface area contributed by atoms with Gasteiger partial charge < -0.3 is 16.2 Å². The van der Waals surface area contributed by atoms with Gasteiger partial charge in [0.05, 0.1) is 12.1 Å². The number of hydrogen-bond acceptors (Lipinski definition) is 6. The molecular formula is C19H23N5O. The fourth-order valence-corrected chi connectivity index (χ4v) is 3.78. The highest BCUT2D eigenvalue weighted by atomic mass is 16.3. The van der Waals surface area contributed by atoms with Gasteiger partial charge in [0.25, 0.3) is 0 Å². The lowest BCUT2D eigenvalue weighted by Gasteiger charge is -2.31. The van der Waals surface area contributed by atoms with Crippen LogP contribution in [-0.4, -0.2) is 40.5 Å². The largest absolute Gasteiger partial charge is 0.396 e. The van der Waals surface area contributed by atoms with Crippen molar-refractivity contribution >= 4 is 34.5 Å². The molecule has 0 spiro atoms. The molecule has 1 aliphatic heterocycles. The molecule has 0 radical (unpaired) electrons. The molecule has 0 unspecified atom stereocenters. The van der Waals surface area contributed by atoms with Gasteiger partial charge in [0, 0.05) is 30.2 Å². The van der Waals surface area contributed by atoms with Gasteiger partial charge in [-0.3, -0.25) is 4.99 Å². The zero-order valence-electron chi connectivity index (χ0n) is 14.2. The van der Waals surface area contributed by atoms with Crippen molar-refractivity contribution in [2.75, 3.05) is 24.2 Å². The second kappa shape index (κ2) is 6.80. The van der Waals surface area contributed by atoms with Crippen molar-refractivity contribution in [3.05, 3.63) is 29.8 Å². The van der Waals surface area contributed by atoms with Crippen molar-refractivity contribution in [3.8, 4) is 0 Å². The Balaban J connectivity index is 1.68. The van der Waals surface area contributed by atoms with Crippen molar-refractivity contribution in [2.24, 2.45) is 10.9 Å². The van der Waals surface area contributed by atoms with E-state index in [0.29, 0.717) is 6.54 Å². The Morgan fingerprint density at radius 3 is 2.88 bits per heavy atom. The van der Waals surface area contributed by atoms with Gasteiger partial charge in [0.1, 0.15) is 5.82 Å². The van der Waals surface area contributed by atoms with Gasteiger partial charge in [0.2, 0.25) is 5.95 Å². The number of benzene rings is 1. The van der Waals surface area contributed by atoms with Gasteiger partial charge >= 0.3 is 0 Å². The summed E-state index contributed by atoms with van der Waals surface area (Å²) in [4.78, 5) is 13.1. The number of aliphatic hydroxyl groups is 1. The average Bonchev–Trinajstić information content (AvgIpc) is 3.16. The Labute approximate surface area is 146 Å². The number of nitrogens with zero attached hydrogens (tertiary/aromatic N) is 3. The molecule has 0 saturated heterocycles. The van der Waals surface area contributed by atoms with Crippen molar-refractivity contribution in [1.82, 2.24) is 9.97 Å². The molecular weight excluding hydrogens is 314 g/mol. The Kier molecular flexibility index (Phi) is 4.36. The topological polar surface area (TPSA) is 96.4 Å². The second-order valence-electron chi connectivity index (χ2n) is 6.82. The lowest BCUT2D eigenvalue weighted by Crippen LogP contribution is -2.34. The number of aliphatic hydroxyl groups excluding tert-OH is 1. The summed E-state index contributed by atoms with van der Waals surface area (Å²) in [6.07, 6.45) is 8.29. The zero-order valence-corrected chi connectivity index (χ0v) is 14.2. The zero-order chi connectivity index (χ0) is 17.2. The maximum atomic E-state index is 9.65. The van der Waals surface area contributed by atoms with Gasteiger partial charge in [-0.1, -0.05) is 18.9 Å². The van der Waals surface area contributed by atoms with Crippen LogP contribution in [0.1, 0.15) is 31.2 Å². The lowest BCUT2D eigenvalue weighted by molar-refractivity contribution is 0.178. The molecule has 1 aromatic carbocycles. The monoisotopic (exact) mass is 337 g/mol. The van der Waals surface area contributed by atoms with Crippen LogP contribution >= 0.6 is 0 Å². The van der Waals surface area contributed by atoms with Crippen molar-refractivity contribution < 1.29 is 5.11 Å². The van der Waals surface area contributed by atoms with E-state index in [2.05, 4.69) is 26.3 Å². The number of nitrogens with one attached hydrogen (secondary N) is 1. The first kappa shape index (κ1) is 16.0. The molecule has 4 N–H and O–H groups in total. The van der Waals surface area contributed by atoms with Crippen molar-refractivity contribution in [1.29, 1.82) is 0 Å². The minimum absolute atomic E-state index is 0.203. The summed E-state index contributed by atoms with van der Waals surface area (Å²) < 4.78 is 0. The number of aromatic nitrogens is 2. The summed E-state index contributed by atoms with van der Waals surface area (Å²) in [5, 5.41) is 14.1. The molecule has 25 heavy (non-hydrogen) atoms. The summed E-state index contributed by atoms with van der Waals surface area (Å²) in [5.74, 6) is 1.29. The van der Waals surface area contributed by atoms with Crippen LogP contribution in [0.2, 0.25) is 0 Å². The van der Waals surface area contributed by atoms with Crippen LogP contribution in [0.3, 0.4) is 0 Å². The molecule has 2 aromatic rings. The molecule has 0 bridgehead atoms. The number of hydrogen-bond donors (Lipinski definition) is 3. The first-order chi connectivity index (χ1) is 12.2. The first-order valence-corrected chi connectivity index (χ1v) is 8.88. The van der Waals surface area contributed by atoms with E-state index < -0.39 is 0 Å². The molecule has 130 valence electrons. The highest BCUT2D eigenvalue weighted by Gasteiger charge is 2.25. The van der Waals surface area contributed by atoms with E-state index in [1.165, 1.54) is 18.4 Å². The highest BCUT2D eigenvalue weighted by molar-refractivity contribution is 5.95. The molecule has 6 nitrogen and oxygen atoms in total. The van der Waals surface area contributed by atoms with Crippen LogP contribution in [-0.2, 0) is 0 Å². The quantitative estimate of drug-likeness (QED) is 0.797. The van der Waals surface area contributed by atoms with Crippen LogP contribution in [0.5, 0.6) is 0 Å². The Morgan fingerprint density at radius 1 is 1.20 bits per heavy atom. The van der Waals surface area contributed by atoms with E-state index in [-0.39, 0.29) is 24.5 Å². The maximum absolute atomic E-state index is 9.65. The molecule has 0 amide bonds. The Hall–Kier alpha value is -2.47. The number of rotatable bonds is 4. The van der Waals surface area contributed by atoms with Crippen molar-refractivity contribution in [3.63, 3.8) is 0 Å². The normalized spacial score (nSPS) is 23.0.